The molecule has 1 N–H and O–H groups in total. The lowest BCUT2D eigenvalue weighted by atomic mass is 10.0. The minimum atomic E-state index is -0.488. The second-order valence-corrected chi connectivity index (χ2v) is 8.41. The molecule has 0 aliphatic heterocycles. The second-order valence-electron chi connectivity index (χ2n) is 8.41. The zero-order valence-corrected chi connectivity index (χ0v) is 20.1. The predicted octanol–water partition coefficient (Wildman–Crippen LogP) is 4.21. The molecule has 8 nitrogen and oxygen atoms in total. The summed E-state index contributed by atoms with van der Waals surface area (Å²) >= 11 is 0. The predicted molar refractivity (Wildman–Crippen MR) is 134 cm³/mol. The quantitative estimate of drug-likeness (QED) is 0.405. The standard InChI is InChI=1S/C27H26N6O2/c1-17-23-21(16-22(18-9-6-5-7-10-18)29-25(23)33(3)31-17)27(34)30-24(26-28-13-14-32(26)2)19-11-8-12-20(15-19)35-4/h5-16,24H,1-4H3,(H,30,34). The number of carbonyl (C=O) groups is 1. The van der Waals surface area contributed by atoms with Crippen LogP contribution in [0.15, 0.2) is 73.1 Å². The molecule has 176 valence electrons. The normalized spacial score (nSPS) is 12.0. The number of pyridine rings is 1. The van der Waals surface area contributed by atoms with Crippen molar-refractivity contribution in [3.8, 4) is 17.0 Å². The minimum absolute atomic E-state index is 0.235. The summed E-state index contributed by atoms with van der Waals surface area (Å²) in [6.45, 7) is 1.89. The lowest BCUT2D eigenvalue weighted by molar-refractivity contribution is 0.0942. The average Bonchev–Trinajstić information content (AvgIpc) is 3.44. The number of benzene rings is 2. The molecule has 0 aliphatic carbocycles. The van der Waals surface area contributed by atoms with Crippen molar-refractivity contribution in [3.63, 3.8) is 0 Å². The van der Waals surface area contributed by atoms with Crippen molar-refractivity contribution in [3.05, 3.63) is 95.7 Å². The van der Waals surface area contributed by atoms with E-state index in [4.69, 9.17) is 9.72 Å². The van der Waals surface area contributed by atoms with E-state index in [9.17, 15) is 4.79 Å². The molecule has 1 unspecified atom stereocenters. The van der Waals surface area contributed by atoms with Crippen molar-refractivity contribution in [2.24, 2.45) is 14.1 Å². The maximum absolute atomic E-state index is 13.9. The van der Waals surface area contributed by atoms with Crippen molar-refractivity contribution in [2.75, 3.05) is 7.11 Å². The Bertz CT molecular complexity index is 1520. The Morgan fingerprint density at radius 3 is 2.57 bits per heavy atom. The number of ether oxygens (including phenoxy) is 1. The van der Waals surface area contributed by atoms with E-state index in [1.807, 2.05) is 92.4 Å². The van der Waals surface area contributed by atoms with Crippen molar-refractivity contribution >= 4 is 16.9 Å². The van der Waals surface area contributed by atoms with Crippen LogP contribution in [0.1, 0.15) is 33.5 Å². The van der Waals surface area contributed by atoms with Gasteiger partial charge in [0, 0.05) is 32.1 Å². The number of nitrogens with one attached hydrogen (secondary N) is 1. The number of aromatic nitrogens is 5. The third kappa shape index (κ3) is 4.14. The molecule has 5 rings (SSSR count). The number of rotatable bonds is 6. The molecule has 0 spiro atoms. The minimum Gasteiger partial charge on any atom is -0.497 e. The lowest BCUT2D eigenvalue weighted by Crippen LogP contribution is -2.31. The number of aryl methyl sites for hydroxylation is 3. The Morgan fingerprint density at radius 2 is 1.86 bits per heavy atom. The van der Waals surface area contributed by atoms with E-state index in [1.54, 1.807) is 18.0 Å². The number of imidazole rings is 1. The number of methoxy groups -OCH3 is 1. The van der Waals surface area contributed by atoms with Crippen LogP contribution in [0.3, 0.4) is 0 Å². The van der Waals surface area contributed by atoms with E-state index < -0.39 is 6.04 Å². The van der Waals surface area contributed by atoms with Crippen LogP contribution < -0.4 is 10.1 Å². The van der Waals surface area contributed by atoms with Gasteiger partial charge in [0.1, 0.15) is 17.6 Å². The first-order valence-corrected chi connectivity index (χ1v) is 11.3. The number of hydrogen-bond donors (Lipinski definition) is 1. The van der Waals surface area contributed by atoms with Crippen LogP contribution in [0.2, 0.25) is 0 Å². The van der Waals surface area contributed by atoms with E-state index in [2.05, 4.69) is 15.4 Å². The van der Waals surface area contributed by atoms with Crippen LogP contribution in [0.25, 0.3) is 22.3 Å². The molecule has 0 saturated carbocycles. The maximum Gasteiger partial charge on any atom is 0.253 e. The number of fused-ring (bicyclic) bond motifs is 1. The lowest BCUT2D eigenvalue weighted by Gasteiger charge is -2.20. The van der Waals surface area contributed by atoms with Crippen LogP contribution in [0.4, 0.5) is 0 Å². The summed E-state index contributed by atoms with van der Waals surface area (Å²) in [5.41, 5.74) is 4.42. The molecule has 35 heavy (non-hydrogen) atoms. The molecule has 0 radical (unpaired) electrons. The Labute approximate surface area is 203 Å². The van der Waals surface area contributed by atoms with Crippen LogP contribution in [0.5, 0.6) is 5.75 Å². The van der Waals surface area contributed by atoms with Gasteiger partial charge in [0.25, 0.3) is 5.91 Å². The smallest absolute Gasteiger partial charge is 0.253 e. The summed E-state index contributed by atoms with van der Waals surface area (Å²) in [5, 5.41) is 8.47. The Balaban J connectivity index is 1.63. The average molecular weight is 467 g/mol. The fourth-order valence-electron chi connectivity index (χ4n) is 4.36. The van der Waals surface area contributed by atoms with Gasteiger partial charge in [-0.2, -0.15) is 5.10 Å². The van der Waals surface area contributed by atoms with E-state index >= 15 is 0 Å². The van der Waals surface area contributed by atoms with Crippen molar-refractivity contribution in [1.82, 2.24) is 29.6 Å². The summed E-state index contributed by atoms with van der Waals surface area (Å²) in [6, 6.07) is 18.8. The molecule has 3 aromatic heterocycles. The van der Waals surface area contributed by atoms with Crippen LogP contribution in [-0.4, -0.2) is 37.3 Å². The van der Waals surface area contributed by atoms with Gasteiger partial charge in [0.15, 0.2) is 5.65 Å². The van der Waals surface area contributed by atoms with E-state index in [0.29, 0.717) is 28.5 Å². The number of hydrogen-bond acceptors (Lipinski definition) is 5. The molecule has 3 heterocycles. The third-order valence-corrected chi connectivity index (χ3v) is 6.10. The monoisotopic (exact) mass is 466 g/mol. The summed E-state index contributed by atoms with van der Waals surface area (Å²) in [6.07, 6.45) is 3.58. The molecule has 0 bridgehead atoms. The number of nitrogens with zero attached hydrogens (tertiary/aromatic N) is 5. The van der Waals surface area contributed by atoms with Gasteiger partial charge in [0.2, 0.25) is 0 Å². The van der Waals surface area contributed by atoms with Gasteiger partial charge >= 0.3 is 0 Å². The molecule has 0 aliphatic rings. The van der Waals surface area contributed by atoms with Gasteiger partial charge < -0.3 is 14.6 Å². The topological polar surface area (TPSA) is 86.9 Å². The van der Waals surface area contributed by atoms with Crippen molar-refractivity contribution < 1.29 is 9.53 Å². The summed E-state index contributed by atoms with van der Waals surface area (Å²) in [5.74, 6) is 1.18. The molecule has 0 saturated heterocycles. The van der Waals surface area contributed by atoms with Crippen molar-refractivity contribution in [1.29, 1.82) is 0 Å². The highest BCUT2D eigenvalue weighted by Crippen LogP contribution is 2.29. The molecular weight excluding hydrogens is 440 g/mol. The highest BCUT2D eigenvalue weighted by atomic mass is 16.5. The molecule has 5 aromatic rings. The van der Waals surface area contributed by atoms with E-state index in [-0.39, 0.29) is 5.91 Å². The highest BCUT2D eigenvalue weighted by Gasteiger charge is 2.25. The zero-order valence-electron chi connectivity index (χ0n) is 20.1. The molecule has 0 fully saturated rings. The summed E-state index contributed by atoms with van der Waals surface area (Å²) < 4.78 is 9.04. The first-order chi connectivity index (χ1) is 17.0. The first kappa shape index (κ1) is 22.3. The Morgan fingerprint density at radius 1 is 1.06 bits per heavy atom. The first-order valence-electron chi connectivity index (χ1n) is 11.3. The van der Waals surface area contributed by atoms with Gasteiger partial charge in [0.05, 0.1) is 29.4 Å². The Hall–Kier alpha value is -4.46. The second kappa shape index (κ2) is 9.06. The van der Waals surface area contributed by atoms with Gasteiger partial charge in [-0.3, -0.25) is 9.48 Å². The molecular formula is C27H26N6O2. The third-order valence-electron chi connectivity index (χ3n) is 6.10. The Kier molecular flexibility index (Phi) is 5.78. The van der Waals surface area contributed by atoms with Crippen LogP contribution >= 0.6 is 0 Å². The number of carbonyl (C=O) groups excluding carboxylic acids is 1. The van der Waals surface area contributed by atoms with Crippen LogP contribution in [-0.2, 0) is 14.1 Å². The van der Waals surface area contributed by atoms with E-state index in [0.717, 1.165) is 22.2 Å². The number of amides is 1. The summed E-state index contributed by atoms with van der Waals surface area (Å²) in [7, 11) is 5.37. The van der Waals surface area contributed by atoms with Gasteiger partial charge in [-0.05, 0) is 30.7 Å². The molecule has 1 atom stereocenters. The van der Waals surface area contributed by atoms with Gasteiger partial charge in [-0.1, -0.05) is 42.5 Å². The zero-order chi connectivity index (χ0) is 24.5. The largest absolute Gasteiger partial charge is 0.497 e. The summed E-state index contributed by atoms with van der Waals surface area (Å²) in [4.78, 5) is 23.2. The fraction of sp³-hybridized carbons (Fsp3) is 0.185. The highest BCUT2D eigenvalue weighted by molar-refractivity contribution is 6.07. The van der Waals surface area contributed by atoms with E-state index in [1.165, 1.54) is 0 Å². The SMILES string of the molecule is COc1cccc(C(NC(=O)c2cc(-c3ccccc3)nc3c2c(C)nn3C)c2nccn2C)c1. The van der Waals surface area contributed by atoms with Gasteiger partial charge in [-0.25, -0.2) is 9.97 Å². The fourth-order valence-corrected chi connectivity index (χ4v) is 4.36. The van der Waals surface area contributed by atoms with Gasteiger partial charge in [-0.15, -0.1) is 0 Å². The molecule has 8 heteroatoms. The molecule has 1 amide bonds. The van der Waals surface area contributed by atoms with Crippen molar-refractivity contribution in [2.45, 2.75) is 13.0 Å². The molecule has 2 aromatic carbocycles. The maximum atomic E-state index is 13.9. The van der Waals surface area contributed by atoms with Crippen LogP contribution in [0, 0.1) is 6.92 Å².